The Morgan fingerprint density at radius 3 is 3.12 bits per heavy atom. The number of hydrogen-bond donors (Lipinski definition) is 2. The molecule has 3 rings (SSSR count). The van der Waals surface area contributed by atoms with Crippen molar-refractivity contribution in [2.75, 3.05) is 11.9 Å². The fourth-order valence-electron chi connectivity index (χ4n) is 1.99. The molecule has 1 amide bonds. The summed E-state index contributed by atoms with van der Waals surface area (Å²) in [5, 5.41) is 5.99. The van der Waals surface area contributed by atoms with E-state index >= 15 is 0 Å². The average Bonchev–Trinajstić information content (AvgIpc) is 2.91. The maximum absolute atomic E-state index is 11.0. The normalized spacial score (nSPS) is 19.5. The van der Waals surface area contributed by atoms with Gasteiger partial charge >= 0.3 is 0 Å². The summed E-state index contributed by atoms with van der Waals surface area (Å²) in [7, 11) is 0. The van der Waals surface area contributed by atoms with Gasteiger partial charge in [0.25, 0.3) is 6.01 Å². The number of para-hydroxylation sites is 2. The van der Waals surface area contributed by atoms with Crippen LogP contribution in [0.15, 0.2) is 28.7 Å². The third-order valence-corrected chi connectivity index (χ3v) is 2.88. The van der Waals surface area contributed by atoms with E-state index in [0.29, 0.717) is 19.0 Å². The van der Waals surface area contributed by atoms with Gasteiger partial charge in [-0.25, -0.2) is 0 Å². The Labute approximate surface area is 98.2 Å². The van der Waals surface area contributed by atoms with Crippen molar-refractivity contribution >= 4 is 23.0 Å². The number of carbonyl (C=O) groups is 1. The van der Waals surface area contributed by atoms with Gasteiger partial charge in [-0.15, -0.1) is 0 Å². The van der Waals surface area contributed by atoms with Crippen LogP contribution >= 0.6 is 0 Å². The molecule has 0 bridgehead atoms. The van der Waals surface area contributed by atoms with Crippen LogP contribution in [-0.2, 0) is 4.79 Å². The summed E-state index contributed by atoms with van der Waals surface area (Å²) in [6.07, 6.45) is 1.48. The topological polar surface area (TPSA) is 67.2 Å². The molecule has 1 aliphatic rings. The number of oxazole rings is 1. The van der Waals surface area contributed by atoms with Gasteiger partial charge in [0.1, 0.15) is 5.52 Å². The van der Waals surface area contributed by atoms with E-state index in [1.807, 2.05) is 24.3 Å². The largest absolute Gasteiger partial charge is 0.424 e. The predicted octanol–water partition coefficient (Wildman–Crippen LogP) is 1.52. The maximum Gasteiger partial charge on any atom is 0.295 e. The average molecular weight is 231 g/mol. The second-order valence-electron chi connectivity index (χ2n) is 4.17. The van der Waals surface area contributed by atoms with Gasteiger partial charge in [-0.05, 0) is 18.6 Å². The molecule has 0 spiro atoms. The van der Waals surface area contributed by atoms with E-state index in [1.165, 1.54) is 0 Å². The van der Waals surface area contributed by atoms with E-state index in [9.17, 15) is 4.79 Å². The Bertz CT molecular complexity index is 516. The number of hydrogen-bond acceptors (Lipinski definition) is 4. The summed E-state index contributed by atoms with van der Waals surface area (Å²) in [6.45, 7) is 0.651. The molecule has 5 heteroatoms. The van der Waals surface area contributed by atoms with Crippen molar-refractivity contribution in [1.29, 1.82) is 0 Å². The number of nitrogens with one attached hydrogen (secondary N) is 2. The van der Waals surface area contributed by atoms with Crippen molar-refractivity contribution in [3.05, 3.63) is 24.3 Å². The lowest BCUT2D eigenvalue weighted by atomic mass is 10.2. The zero-order chi connectivity index (χ0) is 11.7. The minimum absolute atomic E-state index is 0.120. The van der Waals surface area contributed by atoms with Crippen LogP contribution in [-0.4, -0.2) is 23.5 Å². The Hall–Kier alpha value is -2.04. The van der Waals surface area contributed by atoms with E-state index in [1.54, 1.807) is 0 Å². The summed E-state index contributed by atoms with van der Waals surface area (Å²) >= 11 is 0. The highest BCUT2D eigenvalue weighted by molar-refractivity contribution is 5.78. The zero-order valence-electron chi connectivity index (χ0n) is 9.27. The first-order valence-electron chi connectivity index (χ1n) is 5.70. The van der Waals surface area contributed by atoms with Crippen LogP contribution in [0.4, 0.5) is 6.01 Å². The standard InChI is InChI=1S/C12H13N3O2/c16-11-6-5-8(14-11)7-13-12-15-9-3-1-2-4-10(9)17-12/h1-4,8H,5-7H2,(H,13,15)(H,14,16). The molecular formula is C12H13N3O2. The molecule has 1 aliphatic heterocycles. The van der Waals surface area contributed by atoms with Gasteiger partial charge in [0.2, 0.25) is 5.91 Å². The number of rotatable bonds is 3. The smallest absolute Gasteiger partial charge is 0.295 e. The van der Waals surface area contributed by atoms with Gasteiger partial charge in [-0.1, -0.05) is 12.1 Å². The number of fused-ring (bicyclic) bond motifs is 1. The van der Waals surface area contributed by atoms with Crippen molar-refractivity contribution in [3.8, 4) is 0 Å². The number of aromatic nitrogens is 1. The highest BCUT2D eigenvalue weighted by Crippen LogP contribution is 2.18. The molecule has 1 unspecified atom stereocenters. The van der Waals surface area contributed by atoms with E-state index in [0.717, 1.165) is 17.5 Å². The zero-order valence-corrected chi connectivity index (χ0v) is 9.27. The molecule has 17 heavy (non-hydrogen) atoms. The molecule has 0 radical (unpaired) electrons. The second kappa shape index (κ2) is 4.08. The van der Waals surface area contributed by atoms with Gasteiger partial charge < -0.3 is 15.1 Å². The molecule has 1 fully saturated rings. The van der Waals surface area contributed by atoms with Gasteiger partial charge in [0, 0.05) is 19.0 Å². The highest BCUT2D eigenvalue weighted by atomic mass is 16.4. The molecule has 88 valence electrons. The summed E-state index contributed by atoms with van der Waals surface area (Å²) in [4.78, 5) is 15.3. The minimum atomic E-state index is 0.120. The van der Waals surface area contributed by atoms with Gasteiger partial charge in [-0.2, -0.15) is 4.98 Å². The molecule has 0 saturated carbocycles. The fraction of sp³-hybridized carbons (Fsp3) is 0.333. The van der Waals surface area contributed by atoms with Crippen LogP contribution in [0.3, 0.4) is 0 Å². The first-order valence-corrected chi connectivity index (χ1v) is 5.70. The number of nitrogens with zero attached hydrogens (tertiary/aromatic N) is 1. The Balaban J connectivity index is 1.66. The predicted molar refractivity (Wildman–Crippen MR) is 63.7 cm³/mol. The van der Waals surface area contributed by atoms with Crippen molar-refractivity contribution in [1.82, 2.24) is 10.3 Å². The van der Waals surface area contributed by atoms with E-state index in [2.05, 4.69) is 15.6 Å². The highest BCUT2D eigenvalue weighted by Gasteiger charge is 2.20. The molecule has 1 saturated heterocycles. The number of amides is 1. The van der Waals surface area contributed by atoms with Crippen LogP contribution in [0, 0.1) is 0 Å². The van der Waals surface area contributed by atoms with Gasteiger partial charge in [0.05, 0.1) is 0 Å². The molecule has 1 aromatic carbocycles. The first kappa shape index (κ1) is 10.1. The molecule has 5 nitrogen and oxygen atoms in total. The molecular weight excluding hydrogens is 218 g/mol. The maximum atomic E-state index is 11.0. The molecule has 1 atom stereocenters. The molecule has 1 aromatic heterocycles. The van der Waals surface area contributed by atoms with Crippen LogP contribution in [0.5, 0.6) is 0 Å². The Morgan fingerprint density at radius 2 is 2.35 bits per heavy atom. The van der Waals surface area contributed by atoms with Crippen molar-refractivity contribution in [3.63, 3.8) is 0 Å². The number of benzene rings is 1. The SMILES string of the molecule is O=C1CCC(CNc2nc3ccccc3o2)N1. The van der Waals surface area contributed by atoms with Gasteiger partial charge in [0.15, 0.2) is 5.58 Å². The van der Waals surface area contributed by atoms with E-state index in [-0.39, 0.29) is 11.9 Å². The summed E-state index contributed by atoms with van der Waals surface area (Å²) in [6, 6.07) is 8.30. The third-order valence-electron chi connectivity index (χ3n) is 2.88. The van der Waals surface area contributed by atoms with Crippen LogP contribution < -0.4 is 10.6 Å². The first-order chi connectivity index (χ1) is 8.31. The molecule has 2 heterocycles. The quantitative estimate of drug-likeness (QED) is 0.840. The molecule has 0 aliphatic carbocycles. The minimum Gasteiger partial charge on any atom is -0.424 e. The second-order valence-corrected chi connectivity index (χ2v) is 4.17. The van der Waals surface area contributed by atoms with Crippen LogP contribution in [0.1, 0.15) is 12.8 Å². The molecule has 2 N–H and O–H groups in total. The van der Waals surface area contributed by atoms with Crippen molar-refractivity contribution in [2.45, 2.75) is 18.9 Å². The lowest BCUT2D eigenvalue weighted by molar-refractivity contribution is -0.119. The van der Waals surface area contributed by atoms with Gasteiger partial charge in [-0.3, -0.25) is 4.79 Å². The molecule has 2 aromatic rings. The lowest BCUT2D eigenvalue weighted by Crippen LogP contribution is -2.31. The summed E-state index contributed by atoms with van der Waals surface area (Å²) in [5.74, 6) is 0.120. The van der Waals surface area contributed by atoms with Crippen LogP contribution in [0.2, 0.25) is 0 Å². The van der Waals surface area contributed by atoms with Crippen LogP contribution in [0.25, 0.3) is 11.1 Å². The Kier molecular flexibility index (Phi) is 2.44. The monoisotopic (exact) mass is 231 g/mol. The summed E-state index contributed by atoms with van der Waals surface area (Å²) in [5.41, 5.74) is 1.61. The Morgan fingerprint density at radius 1 is 1.47 bits per heavy atom. The van der Waals surface area contributed by atoms with E-state index < -0.39 is 0 Å². The number of carbonyl (C=O) groups excluding carboxylic acids is 1. The van der Waals surface area contributed by atoms with E-state index in [4.69, 9.17) is 4.42 Å². The van der Waals surface area contributed by atoms with Crippen molar-refractivity contribution < 1.29 is 9.21 Å². The van der Waals surface area contributed by atoms with Crippen molar-refractivity contribution in [2.24, 2.45) is 0 Å². The number of anilines is 1. The summed E-state index contributed by atoms with van der Waals surface area (Å²) < 4.78 is 5.52. The lowest BCUT2D eigenvalue weighted by Gasteiger charge is -2.08. The third kappa shape index (κ3) is 2.08. The fourth-order valence-corrected chi connectivity index (χ4v) is 1.99.